The van der Waals surface area contributed by atoms with Gasteiger partial charge in [0.15, 0.2) is 0 Å². The van der Waals surface area contributed by atoms with Crippen molar-refractivity contribution in [3.05, 3.63) is 60.8 Å². The van der Waals surface area contributed by atoms with E-state index >= 15 is 0 Å². The molecule has 0 fully saturated rings. The molecule has 0 aromatic heterocycles. The van der Waals surface area contributed by atoms with Crippen molar-refractivity contribution in [3.63, 3.8) is 0 Å². The van der Waals surface area contributed by atoms with Gasteiger partial charge in [0.25, 0.3) is 0 Å². The lowest BCUT2D eigenvalue weighted by Crippen LogP contribution is -2.45. The van der Waals surface area contributed by atoms with Crippen molar-refractivity contribution in [1.82, 2.24) is 5.32 Å². The van der Waals surface area contributed by atoms with E-state index in [1.807, 2.05) is 6.08 Å². The van der Waals surface area contributed by atoms with Gasteiger partial charge in [0.2, 0.25) is 5.91 Å². The molecule has 3 atom stereocenters. The smallest absolute Gasteiger partial charge is 0.387 e. The van der Waals surface area contributed by atoms with Gasteiger partial charge >= 0.3 is 7.82 Å². The van der Waals surface area contributed by atoms with E-state index in [2.05, 4.69) is 67.8 Å². The topological polar surface area (TPSA) is 131 Å². The predicted molar refractivity (Wildman–Crippen MR) is 230 cm³/mol. The van der Waals surface area contributed by atoms with Crippen LogP contribution < -0.4 is 11.1 Å². The van der Waals surface area contributed by atoms with Gasteiger partial charge in [-0.05, 0) is 77.0 Å². The van der Waals surface area contributed by atoms with E-state index < -0.39 is 20.0 Å². The number of hydrogen-bond donors (Lipinski definition) is 4. The molecule has 0 aromatic carbocycles. The monoisotopic (exact) mass is 779 g/mol. The van der Waals surface area contributed by atoms with Crippen molar-refractivity contribution in [2.45, 2.75) is 199 Å². The maximum atomic E-state index is 12.7. The Bertz CT molecular complexity index is 1030. The third-order valence-electron chi connectivity index (χ3n) is 9.29. The Hall–Kier alpha value is -1.80. The summed E-state index contributed by atoms with van der Waals surface area (Å²) in [4.78, 5) is 22.7. The average Bonchev–Trinajstić information content (AvgIpc) is 3.16. The highest BCUT2D eigenvalue weighted by Gasteiger charge is 2.26. The number of unbranched alkanes of at least 4 members (excludes halogenated alkanes) is 20. The lowest BCUT2D eigenvalue weighted by atomic mass is 10.1. The number of hydrogen-bond acceptors (Lipinski definition) is 6. The lowest BCUT2D eigenvalue weighted by molar-refractivity contribution is -0.123. The summed E-state index contributed by atoms with van der Waals surface area (Å²) in [5.41, 5.74) is 5.37. The second kappa shape index (κ2) is 40.9. The van der Waals surface area contributed by atoms with Gasteiger partial charge in [-0.15, -0.1) is 0 Å². The van der Waals surface area contributed by atoms with Gasteiger partial charge < -0.3 is 21.1 Å². The first-order chi connectivity index (χ1) is 26.4. The molecule has 314 valence electrons. The first kappa shape index (κ1) is 52.2. The van der Waals surface area contributed by atoms with E-state index in [9.17, 15) is 19.4 Å². The molecule has 54 heavy (non-hydrogen) atoms. The number of allylic oxidation sites excluding steroid dienone is 9. The van der Waals surface area contributed by atoms with Gasteiger partial charge in [-0.25, -0.2) is 4.57 Å². The predicted octanol–water partition coefficient (Wildman–Crippen LogP) is 12.3. The second-order valence-electron chi connectivity index (χ2n) is 14.5. The Kier molecular flexibility index (Phi) is 39.5. The number of rotatable bonds is 40. The fourth-order valence-electron chi connectivity index (χ4n) is 5.96. The van der Waals surface area contributed by atoms with Crippen LogP contribution in [-0.2, 0) is 18.4 Å². The number of nitrogens with one attached hydrogen (secondary N) is 1. The first-order valence-electron chi connectivity index (χ1n) is 21.9. The lowest BCUT2D eigenvalue weighted by Gasteiger charge is -2.23. The standard InChI is InChI=1S/C45H83N2O6P/c1-3-5-7-9-11-13-15-17-19-20-21-22-23-25-26-28-30-32-34-36-38-44(48)43(42-53-54(50,51)52-41-40-46)47-45(49)39-37-35-33-31-29-27-24-18-16-14-12-10-8-6-4-2/h12,14,18,22-24,28,30,36,38,43-44,48H,3-11,13,15-17,19-21,25-27,29,31-35,37,39-42,46H2,1-2H3,(H,47,49)(H,50,51)/b14-12-,23-22+,24-18-,30-28+,38-36+. The molecule has 0 bridgehead atoms. The van der Waals surface area contributed by atoms with Crippen LogP contribution in [0.3, 0.4) is 0 Å². The zero-order chi connectivity index (χ0) is 39.6. The molecule has 0 aliphatic rings. The molecule has 0 spiro atoms. The summed E-state index contributed by atoms with van der Waals surface area (Å²) in [6, 6.07) is -0.892. The fraction of sp³-hybridized carbons (Fsp3) is 0.756. The van der Waals surface area contributed by atoms with Crippen LogP contribution in [0, 0.1) is 0 Å². The van der Waals surface area contributed by atoms with Gasteiger partial charge in [-0.3, -0.25) is 13.8 Å². The minimum absolute atomic E-state index is 0.0670. The number of aliphatic hydroxyl groups excluding tert-OH is 1. The fourth-order valence-corrected chi connectivity index (χ4v) is 6.72. The van der Waals surface area contributed by atoms with Gasteiger partial charge in [0, 0.05) is 13.0 Å². The molecule has 3 unspecified atom stereocenters. The number of phosphoric ester groups is 1. The van der Waals surface area contributed by atoms with Crippen LogP contribution in [0.25, 0.3) is 0 Å². The molecule has 0 saturated carbocycles. The van der Waals surface area contributed by atoms with E-state index in [4.69, 9.17) is 14.8 Å². The van der Waals surface area contributed by atoms with Crippen LogP contribution in [0.15, 0.2) is 60.8 Å². The van der Waals surface area contributed by atoms with Crippen LogP contribution in [0.1, 0.15) is 187 Å². The highest BCUT2D eigenvalue weighted by atomic mass is 31.2. The van der Waals surface area contributed by atoms with E-state index in [-0.39, 0.29) is 25.7 Å². The van der Waals surface area contributed by atoms with Crippen molar-refractivity contribution in [3.8, 4) is 0 Å². The molecular formula is C45H83N2O6P. The summed E-state index contributed by atoms with van der Waals surface area (Å²) in [5.74, 6) is -0.224. The molecule has 0 radical (unpaired) electrons. The normalized spacial score (nSPS) is 14.7. The molecule has 9 heteroatoms. The molecule has 0 aliphatic carbocycles. The van der Waals surface area contributed by atoms with E-state index in [0.717, 1.165) is 70.6 Å². The summed E-state index contributed by atoms with van der Waals surface area (Å²) >= 11 is 0. The molecule has 0 heterocycles. The van der Waals surface area contributed by atoms with Crippen molar-refractivity contribution in [1.29, 1.82) is 0 Å². The van der Waals surface area contributed by atoms with Crippen molar-refractivity contribution < 1.29 is 28.4 Å². The van der Waals surface area contributed by atoms with Crippen LogP contribution in [0.5, 0.6) is 0 Å². The Balaban J connectivity index is 4.33. The summed E-state index contributed by atoms with van der Waals surface area (Å²) in [5, 5.41) is 13.6. The zero-order valence-corrected chi connectivity index (χ0v) is 35.6. The quantitative estimate of drug-likeness (QED) is 0.0277. The zero-order valence-electron chi connectivity index (χ0n) is 34.7. The highest BCUT2D eigenvalue weighted by molar-refractivity contribution is 7.47. The number of phosphoric acid groups is 1. The maximum Gasteiger partial charge on any atom is 0.472 e. The van der Waals surface area contributed by atoms with E-state index in [1.165, 1.54) is 96.3 Å². The Morgan fingerprint density at radius 3 is 1.57 bits per heavy atom. The number of carbonyl (C=O) groups excluding carboxylic acids is 1. The number of nitrogens with two attached hydrogens (primary N) is 1. The highest BCUT2D eigenvalue weighted by Crippen LogP contribution is 2.43. The van der Waals surface area contributed by atoms with Gasteiger partial charge in [0.1, 0.15) is 0 Å². The summed E-state index contributed by atoms with van der Waals surface area (Å²) in [6.45, 7) is 4.06. The summed E-state index contributed by atoms with van der Waals surface area (Å²) in [7, 11) is -4.36. The SMILES string of the molecule is CCCCC/C=C\C/C=C\CCCCCCCC(=O)NC(COP(=O)(O)OCCN)C(O)/C=C/CC/C=C/CC/C=C/CCCCCCCCCCCC. The summed E-state index contributed by atoms with van der Waals surface area (Å²) < 4.78 is 22.1. The van der Waals surface area contributed by atoms with E-state index in [1.54, 1.807) is 6.08 Å². The number of carbonyl (C=O) groups is 1. The van der Waals surface area contributed by atoms with Crippen molar-refractivity contribution >= 4 is 13.7 Å². The van der Waals surface area contributed by atoms with Gasteiger partial charge in [-0.1, -0.05) is 164 Å². The Morgan fingerprint density at radius 2 is 1.04 bits per heavy atom. The molecule has 0 aromatic rings. The largest absolute Gasteiger partial charge is 0.472 e. The molecule has 0 rings (SSSR count). The maximum absolute atomic E-state index is 12.7. The Labute approximate surface area is 332 Å². The van der Waals surface area contributed by atoms with Crippen LogP contribution in [-0.4, -0.2) is 47.8 Å². The van der Waals surface area contributed by atoms with Crippen molar-refractivity contribution in [2.75, 3.05) is 19.8 Å². The van der Waals surface area contributed by atoms with Crippen molar-refractivity contribution in [2.24, 2.45) is 5.73 Å². The third kappa shape index (κ3) is 38.5. The molecule has 5 N–H and O–H groups in total. The van der Waals surface area contributed by atoms with Crippen LogP contribution >= 0.6 is 7.82 Å². The molecule has 1 amide bonds. The van der Waals surface area contributed by atoms with Crippen LogP contribution in [0.4, 0.5) is 0 Å². The first-order valence-corrected chi connectivity index (χ1v) is 23.4. The van der Waals surface area contributed by atoms with Gasteiger partial charge in [0.05, 0.1) is 25.4 Å². The van der Waals surface area contributed by atoms with Crippen LogP contribution in [0.2, 0.25) is 0 Å². The minimum Gasteiger partial charge on any atom is -0.387 e. The minimum atomic E-state index is -4.36. The summed E-state index contributed by atoms with van der Waals surface area (Å²) in [6.07, 6.45) is 51.3. The number of amides is 1. The van der Waals surface area contributed by atoms with Gasteiger partial charge in [-0.2, -0.15) is 0 Å². The molecule has 8 nitrogen and oxygen atoms in total. The Morgan fingerprint density at radius 1 is 0.611 bits per heavy atom. The molecule has 0 aliphatic heterocycles. The average molecular weight is 779 g/mol. The second-order valence-corrected chi connectivity index (χ2v) is 16.0. The number of aliphatic hydroxyl groups is 1. The molecular weight excluding hydrogens is 695 g/mol. The van der Waals surface area contributed by atoms with E-state index in [0.29, 0.717) is 6.42 Å². The molecule has 0 saturated heterocycles. The third-order valence-corrected chi connectivity index (χ3v) is 10.3.